The van der Waals surface area contributed by atoms with E-state index in [1.165, 1.54) is 0 Å². The standard InChI is InChI=1S/C13H7BrCl2O2/c14-8-5-6-12(11(16)7-8)18-13(17)9-3-1-2-4-10(9)15/h1-7H. The Labute approximate surface area is 123 Å². The fraction of sp³-hybridized carbons (Fsp3) is 0. The van der Waals surface area contributed by atoms with Crippen LogP contribution in [0.25, 0.3) is 0 Å². The van der Waals surface area contributed by atoms with E-state index in [1.807, 2.05) is 0 Å². The van der Waals surface area contributed by atoms with Crippen LogP contribution in [-0.4, -0.2) is 5.97 Å². The minimum absolute atomic E-state index is 0.296. The molecule has 0 saturated heterocycles. The van der Waals surface area contributed by atoms with Crippen molar-refractivity contribution in [2.45, 2.75) is 0 Å². The van der Waals surface area contributed by atoms with Crippen molar-refractivity contribution in [3.63, 3.8) is 0 Å². The quantitative estimate of drug-likeness (QED) is 0.567. The Kier molecular flexibility index (Phi) is 4.27. The molecule has 2 aromatic carbocycles. The monoisotopic (exact) mass is 344 g/mol. The lowest BCUT2D eigenvalue weighted by Crippen LogP contribution is -2.09. The molecule has 0 heterocycles. The van der Waals surface area contributed by atoms with Crippen molar-refractivity contribution >= 4 is 45.1 Å². The van der Waals surface area contributed by atoms with Gasteiger partial charge >= 0.3 is 5.97 Å². The number of carbonyl (C=O) groups is 1. The van der Waals surface area contributed by atoms with Gasteiger partial charge in [0.25, 0.3) is 0 Å². The summed E-state index contributed by atoms with van der Waals surface area (Å²) in [5.41, 5.74) is 0.304. The fourth-order valence-electron chi connectivity index (χ4n) is 1.34. The van der Waals surface area contributed by atoms with Crippen LogP contribution in [0.4, 0.5) is 0 Å². The Bertz CT molecular complexity index is 599. The van der Waals surface area contributed by atoms with Crippen LogP contribution in [0.15, 0.2) is 46.9 Å². The minimum atomic E-state index is -0.537. The maximum absolute atomic E-state index is 11.9. The molecule has 92 valence electrons. The molecule has 0 fully saturated rings. The van der Waals surface area contributed by atoms with Crippen LogP contribution in [0.3, 0.4) is 0 Å². The normalized spacial score (nSPS) is 10.2. The van der Waals surface area contributed by atoms with E-state index < -0.39 is 5.97 Å². The average Bonchev–Trinajstić information content (AvgIpc) is 2.33. The van der Waals surface area contributed by atoms with E-state index in [2.05, 4.69) is 15.9 Å². The first kappa shape index (κ1) is 13.4. The predicted octanol–water partition coefficient (Wildman–Crippen LogP) is 4.98. The van der Waals surface area contributed by atoms with E-state index in [0.29, 0.717) is 21.4 Å². The third-order valence-electron chi connectivity index (χ3n) is 2.19. The van der Waals surface area contributed by atoms with Gasteiger partial charge in [0.05, 0.1) is 15.6 Å². The second kappa shape index (κ2) is 5.74. The molecule has 0 aliphatic carbocycles. The van der Waals surface area contributed by atoms with Gasteiger partial charge < -0.3 is 4.74 Å². The summed E-state index contributed by atoms with van der Waals surface area (Å²) in [6.07, 6.45) is 0. The van der Waals surface area contributed by atoms with Gasteiger partial charge in [-0.25, -0.2) is 4.79 Å². The number of hydrogen-bond donors (Lipinski definition) is 0. The van der Waals surface area contributed by atoms with Crippen LogP contribution in [0.1, 0.15) is 10.4 Å². The molecule has 2 rings (SSSR count). The highest BCUT2D eigenvalue weighted by atomic mass is 79.9. The molecule has 0 aliphatic rings. The van der Waals surface area contributed by atoms with Crippen molar-refractivity contribution in [3.05, 3.63) is 62.5 Å². The van der Waals surface area contributed by atoms with Gasteiger partial charge in [-0.05, 0) is 30.3 Å². The van der Waals surface area contributed by atoms with Gasteiger partial charge in [0.1, 0.15) is 5.75 Å². The first-order chi connectivity index (χ1) is 8.58. The lowest BCUT2D eigenvalue weighted by molar-refractivity contribution is 0.0735. The second-order valence-electron chi connectivity index (χ2n) is 3.44. The Hall–Kier alpha value is -1.03. The zero-order valence-electron chi connectivity index (χ0n) is 8.99. The minimum Gasteiger partial charge on any atom is -0.421 e. The zero-order chi connectivity index (χ0) is 13.1. The first-order valence-corrected chi connectivity index (χ1v) is 6.54. The molecule has 0 atom stereocenters. The smallest absolute Gasteiger partial charge is 0.345 e. The first-order valence-electron chi connectivity index (χ1n) is 4.99. The van der Waals surface area contributed by atoms with E-state index in [0.717, 1.165) is 4.47 Å². The van der Waals surface area contributed by atoms with E-state index in [4.69, 9.17) is 27.9 Å². The zero-order valence-corrected chi connectivity index (χ0v) is 12.1. The number of rotatable bonds is 2. The summed E-state index contributed by atoms with van der Waals surface area (Å²) in [7, 11) is 0. The van der Waals surface area contributed by atoms with Gasteiger partial charge in [0.2, 0.25) is 0 Å². The fourth-order valence-corrected chi connectivity index (χ4v) is 2.26. The molecule has 0 aliphatic heterocycles. The maximum Gasteiger partial charge on any atom is 0.345 e. The average molecular weight is 346 g/mol. The summed E-state index contributed by atoms with van der Waals surface area (Å²) in [5.74, 6) is -0.241. The molecule has 0 amide bonds. The van der Waals surface area contributed by atoms with Crippen LogP contribution in [-0.2, 0) is 0 Å². The van der Waals surface area contributed by atoms with Gasteiger partial charge in [-0.15, -0.1) is 0 Å². The summed E-state index contributed by atoms with van der Waals surface area (Å²) < 4.78 is 6.00. The van der Waals surface area contributed by atoms with Crippen molar-refractivity contribution in [1.82, 2.24) is 0 Å². The van der Waals surface area contributed by atoms with Crippen LogP contribution < -0.4 is 4.74 Å². The highest BCUT2D eigenvalue weighted by Crippen LogP contribution is 2.29. The maximum atomic E-state index is 11.9. The van der Waals surface area contributed by atoms with E-state index in [-0.39, 0.29) is 0 Å². The summed E-state index contributed by atoms with van der Waals surface area (Å²) in [6, 6.07) is 11.7. The molecule has 0 bridgehead atoms. The molecule has 0 aromatic heterocycles. The van der Waals surface area contributed by atoms with Crippen LogP contribution >= 0.6 is 39.1 Å². The molecule has 0 unspecified atom stereocenters. The SMILES string of the molecule is O=C(Oc1ccc(Br)cc1Cl)c1ccccc1Cl. The summed E-state index contributed by atoms with van der Waals surface area (Å²) in [6.45, 7) is 0. The lowest BCUT2D eigenvalue weighted by atomic mass is 10.2. The molecule has 2 aromatic rings. The van der Waals surface area contributed by atoms with Crippen LogP contribution in [0.2, 0.25) is 10.0 Å². The van der Waals surface area contributed by atoms with Gasteiger partial charge in [0, 0.05) is 4.47 Å². The molecular formula is C13H7BrCl2O2. The number of benzene rings is 2. The number of esters is 1. The van der Waals surface area contributed by atoms with Crippen molar-refractivity contribution in [2.75, 3.05) is 0 Å². The largest absolute Gasteiger partial charge is 0.421 e. The molecule has 0 saturated carbocycles. The summed E-state index contributed by atoms with van der Waals surface area (Å²) >= 11 is 15.1. The summed E-state index contributed by atoms with van der Waals surface area (Å²) in [4.78, 5) is 11.9. The van der Waals surface area contributed by atoms with Gasteiger partial charge in [-0.1, -0.05) is 51.3 Å². The molecule has 18 heavy (non-hydrogen) atoms. The lowest BCUT2D eigenvalue weighted by Gasteiger charge is -2.07. The molecule has 5 heteroatoms. The van der Waals surface area contributed by atoms with Crippen molar-refractivity contribution in [3.8, 4) is 5.75 Å². The second-order valence-corrected chi connectivity index (χ2v) is 5.17. The van der Waals surface area contributed by atoms with Crippen molar-refractivity contribution in [2.24, 2.45) is 0 Å². The molecule has 0 N–H and O–H groups in total. The van der Waals surface area contributed by atoms with E-state index >= 15 is 0 Å². The third-order valence-corrected chi connectivity index (χ3v) is 3.31. The van der Waals surface area contributed by atoms with Gasteiger partial charge in [-0.3, -0.25) is 0 Å². The number of halogens is 3. The molecule has 0 spiro atoms. The van der Waals surface area contributed by atoms with Crippen molar-refractivity contribution in [1.29, 1.82) is 0 Å². The topological polar surface area (TPSA) is 26.3 Å². The molecule has 0 radical (unpaired) electrons. The highest BCUT2D eigenvalue weighted by molar-refractivity contribution is 9.10. The number of carbonyl (C=O) groups excluding carboxylic acids is 1. The third kappa shape index (κ3) is 3.05. The molecule has 2 nitrogen and oxygen atoms in total. The van der Waals surface area contributed by atoms with Gasteiger partial charge in [0.15, 0.2) is 0 Å². The number of ether oxygens (including phenoxy) is 1. The Morgan fingerprint density at radius 2 is 1.78 bits per heavy atom. The number of hydrogen-bond acceptors (Lipinski definition) is 2. The Morgan fingerprint density at radius 3 is 2.44 bits per heavy atom. The highest BCUT2D eigenvalue weighted by Gasteiger charge is 2.13. The Morgan fingerprint density at radius 1 is 1.06 bits per heavy atom. The van der Waals surface area contributed by atoms with E-state index in [1.54, 1.807) is 42.5 Å². The van der Waals surface area contributed by atoms with Crippen LogP contribution in [0.5, 0.6) is 5.75 Å². The molecular weight excluding hydrogens is 339 g/mol. The van der Waals surface area contributed by atoms with Crippen LogP contribution in [0, 0.1) is 0 Å². The summed E-state index contributed by atoms with van der Waals surface area (Å²) in [5, 5.41) is 0.695. The van der Waals surface area contributed by atoms with Crippen molar-refractivity contribution < 1.29 is 9.53 Å². The Balaban J connectivity index is 2.24. The predicted molar refractivity (Wildman–Crippen MR) is 75.6 cm³/mol. The van der Waals surface area contributed by atoms with Gasteiger partial charge in [-0.2, -0.15) is 0 Å². The van der Waals surface area contributed by atoms with E-state index in [9.17, 15) is 4.79 Å².